The van der Waals surface area contributed by atoms with Crippen LogP contribution in [0.25, 0.3) is 0 Å². The highest BCUT2D eigenvalue weighted by Gasteiger charge is 2.35. The van der Waals surface area contributed by atoms with Crippen LogP contribution in [0.3, 0.4) is 0 Å². The molecule has 0 aliphatic carbocycles. The maximum absolute atomic E-state index is 12.9. The minimum atomic E-state index is -4.59. The normalized spacial score (nSPS) is 16.8. The van der Waals surface area contributed by atoms with Gasteiger partial charge in [0.05, 0.1) is 11.1 Å². The van der Waals surface area contributed by atoms with Crippen molar-refractivity contribution in [2.75, 3.05) is 26.2 Å². The summed E-state index contributed by atoms with van der Waals surface area (Å²) >= 11 is 0. The molecule has 0 aromatic heterocycles. The Balaban J connectivity index is 2.26. The first kappa shape index (κ1) is 15.7. The van der Waals surface area contributed by atoms with Crippen LogP contribution in [0, 0.1) is 0 Å². The first-order valence-electron chi connectivity index (χ1n) is 6.56. The Bertz CT molecular complexity index is 513. The highest BCUT2D eigenvalue weighted by atomic mass is 19.4. The van der Waals surface area contributed by atoms with Crippen molar-refractivity contribution in [2.24, 2.45) is 5.84 Å². The molecule has 1 aliphatic heterocycles. The lowest BCUT2D eigenvalue weighted by atomic mass is 10.0. The van der Waals surface area contributed by atoms with Crippen LogP contribution in [-0.2, 0) is 12.7 Å². The number of nitrogens with zero attached hydrogens (tertiary/aromatic N) is 1. The van der Waals surface area contributed by atoms with Gasteiger partial charge in [-0.2, -0.15) is 13.2 Å². The van der Waals surface area contributed by atoms with Crippen LogP contribution in [-0.4, -0.2) is 37.0 Å². The van der Waals surface area contributed by atoms with Gasteiger partial charge in [-0.25, -0.2) is 5.84 Å². The zero-order valence-electron chi connectivity index (χ0n) is 11.3. The van der Waals surface area contributed by atoms with Gasteiger partial charge >= 0.3 is 6.18 Å². The van der Waals surface area contributed by atoms with E-state index in [0.29, 0.717) is 12.1 Å². The maximum Gasteiger partial charge on any atom is 0.417 e. The van der Waals surface area contributed by atoms with E-state index in [-0.39, 0.29) is 0 Å². The molecule has 8 heteroatoms. The fourth-order valence-electron chi connectivity index (χ4n) is 2.33. The second-order valence-corrected chi connectivity index (χ2v) is 4.88. The van der Waals surface area contributed by atoms with Crippen molar-refractivity contribution < 1.29 is 18.0 Å². The number of hydrazine groups is 1. The molecule has 4 N–H and O–H groups in total. The molecule has 1 heterocycles. The number of nitrogens with one attached hydrogen (secondary N) is 2. The van der Waals surface area contributed by atoms with Gasteiger partial charge in [-0.3, -0.25) is 15.1 Å². The number of hydrogen-bond acceptors (Lipinski definition) is 4. The summed E-state index contributed by atoms with van der Waals surface area (Å²) in [5.41, 5.74) is 0.994. The standard InChI is InChI=1S/C13H17F3N4O/c14-13(15,16)11-2-1-9(7-10(11)12(21)19-17)8-20-5-3-18-4-6-20/h1-2,7,18H,3-6,8,17H2,(H,19,21). The van der Waals surface area contributed by atoms with E-state index in [2.05, 4.69) is 10.2 Å². The quantitative estimate of drug-likeness (QED) is 0.437. The third kappa shape index (κ3) is 3.93. The Kier molecular flexibility index (Phi) is 4.81. The SMILES string of the molecule is NNC(=O)c1cc(CN2CCNCC2)ccc1C(F)(F)F. The Morgan fingerprint density at radius 3 is 2.57 bits per heavy atom. The van der Waals surface area contributed by atoms with Crippen LogP contribution in [0.15, 0.2) is 18.2 Å². The first-order valence-corrected chi connectivity index (χ1v) is 6.56. The number of hydrogen-bond donors (Lipinski definition) is 3. The fourth-order valence-corrected chi connectivity index (χ4v) is 2.33. The van der Waals surface area contributed by atoms with Gasteiger partial charge in [0.1, 0.15) is 0 Å². The van der Waals surface area contributed by atoms with Crippen LogP contribution >= 0.6 is 0 Å². The largest absolute Gasteiger partial charge is 0.417 e. The molecule has 0 atom stereocenters. The summed E-state index contributed by atoms with van der Waals surface area (Å²) in [5, 5.41) is 3.20. The summed E-state index contributed by atoms with van der Waals surface area (Å²) in [5.74, 6) is 4.02. The van der Waals surface area contributed by atoms with E-state index < -0.39 is 23.2 Å². The Morgan fingerprint density at radius 2 is 2.00 bits per heavy atom. The molecule has 2 rings (SSSR count). The van der Waals surface area contributed by atoms with Crippen molar-refractivity contribution in [2.45, 2.75) is 12.7 Å². The molecule has 21 heavy (non-hydrogen) atoms. The molecule has 1 aromatic carbocycles. The number of rotatable bonds is 3. The monoisotopic (exact) mass is 302 g/mol. The van der Waals surface area contributed by atoms with Crippen molar-refractivity contribution in [3.8, 4) is 0 Å². The minimum Gasteiger partial charge on any atom is -0.314 e. The minimum absolute atomic E-state index is 0.447. The van der Waals surface area contributed by atoms with Gasteiger partial charge in [0, 0.05) is 32.7 Å². The molecule has 0 unspecified atom stereocenters. The number of carbonyl (C=O) groups is 1. The lowest BCUT2D eigenvalue weighted by molar-refractivity contribution is -0.137. The van der Waals surface area contributed by atoms with Crippen molar-refractivity contribution in [3.63, 3.8) is 0 Å². The van der Waals surface area contributed by atoms with Crippen LogP contribution in [0.4, 0.5) is 13.2 Å². The second kappa shape index (κ2) is 6.42. The number of amides is 1. The van der Waals surface area contributed by atoms with Crippen molar-refractivity contribution in [1.29, 1.82) is 0 Å². The molecule has 0 saturated carbocycles. The smallest absolute Gasteiger partial charge is 0.314 e. The molecular formula is C13H17F3N4O. The highest BCUT2D eigenvalue weighted by Crippen LogP contribution is 2.32. The molecule has 1 fully saturated rings. The number of benzene rings is 1. The molecule has 1 aliphatic rings. The van der Waals surface area contributed by atoms with Crippen molar-refractivity contribution in [3.05, 3.63) is 34.9 Å². The fraction of sp³-hybridized carbons (Fsp3) is 0.462. The van der Waals surface area contributed by atoms with E-state index in [0.717, 1.165) is 32.2 Å². The summed E-state index contributed by atoms with van der Waals surface area (Å²) in [6.45, 7) is 3.83. The zero-order valence-corrected chi connectivity index (χ0v) is 11.3. The number of halogens is 3. The highest BCUT2D eigenvalue weighted by molar-refractivity contribution is 5.95. The molecule has 0 spiro atoms. The van der Waals surface area contributed by atoms with E-state index >= 15 is 0 Å². The van der Waals surface area contributed by atoms with Gasteiger partial charge in [-0.05, 0) is 17.7 Å². The first-order chi connectivity index (χ1) is 9.91. The summed E-state index contributed by atoms with van der Waals surface area (Å²) in [7, 11) is 0. The van der Waals surface area contributed by atoms with E-state index in [9.17, 15) is 18.0 Å². The molecule has 1 aromatic rings. The van der Waals surface area contributed by atoms with Gasteiger partial charge in [0.25, 0.3) is 5.91 Å². The van der Waals surface area contributed by atoms with Gasteiger partial charge in [-0.1, -0.05) is 6.07 Å². The number of piperazine rings is 1. The van der Waals surface area contributed by atoms with Crippen LogP contribution < -0.4 is 16.6 Å². The maximum atomic E-state index is 12.9. The average Bonchev–Trinajstić information content (AvgIpc) is 2.46. The predicted octanol–water partition coefficient (Wildman–Crippen LogP) is 0.714. The van der Waals surface area contributed by atoms with E-state index in [1.54, 1.807) is 5.43 Å². The Morgan fingerprint density at radius 1 is 1.33 bits per heavy atom. The number of carbonyl (C=O) groups excluding carboxylic acids is 1. The zero-order chi connectivity index (χ0) is 15.5. The third-order valence-electron chi connectivity index (χ3n) is 3.38. The Hall–Kier alpha value is -1.64. The third-order valence-corrected chi connectivity index (χ3v) is 3.38. The van der Waals surface area contributed by atoms with Gasteiger partial charge in [0.15, 0.2) is 0 Å². The number of nitrogen functional groups attached to an aromatic ring is 1. The predicted molar refractivity (Wildman–Crippen MR) is 71.2 cm³/mol. The van der Waals surface area contributed by atoms with Crippen LogP contribution in [0.2, 0.25) is 0 Å². The molecule has 0 radical (unpaired) electrons. The average molecular weight is 302 g/mol. The van der Waals surface area contributed by atoms with Crippen molar-refractivity contribution in [1.82, 2.24) is 15.6 Å². The van der Waals surface area contributed by atoms with E-state index in [1.165, 1.54) is 12.1 Å². The molecule has 1 amide bonds. The lowest BCUT2D eigenvalue weighted by Crippen LogP contribution is -2.42. The molecule has 116 valence electrons. The number of alkyl halides is 3. The van der Waals surface area contributed by atoms with Crippen LogP contribution in [0.1, 0.15) is 21.5 Å². The molecule has 5 nitrogen and oxygen atoms in total. The molecular weight excluding hydrogens is 285 g/mol. The second-order valence-electron chi connectivity index (χ2n) is 4.88. The summed E-state index contributed by atoms with van der Waals surface area (Å²) in [4.78, 5) is 13.7. The summed E-state index contributed by atoms with van der Waals surface area (Å²) in [6, 6.07) is 3.59. The van der Waals surface area contributed by atoms with Crippen molar-refractivity contribution >= 4 is 5.91 Å². The van der Waals surface area contributed by atoms with E-state index in [4.69, 9.17) is 5.84 Å². The molecule has 0 bridgehead atoms. The van der Waals surface area contributed by atoms with Gasteiger partial charge in [-0.15, -0.1) is 0 Å². The number of nitrogens with two attached hydrogens (primary N) is 1. The van der Waals surface area contributed by atoms with Crippen LogP contribution in [0.5, 0.6) is 0 Å². The Labute approximate surface area is 120 Å². The lowest BCUT2D eigenvalue weighted by Gasteiger charge is -2.27. The summed E-state index contributed by atoms with van der Waals surface area (Å²) in [6.07, 6.45) is -4.59. The van der Waals surface area contributed by atoms with E-state index in [1.807, 2.05) is 0 Å². The molecule has 1 saturated heterocycles. The summed E-state index contributed by atoms with van der Waals surface area (Å²) < 4.78 is 38.7. The van der Waals surface area contributed by atoms with Gasteiger partial charge < -0.3 is 5.32 Å². The van der Waals surface area contributed by atoms with Gasteiger partial charge in [0.2, 0.25) is 0 Å². The topological polar surface area (TPSA) is 70.4 Å².